The van der Waals surface area contributed by atoms with Gasteiger partial charge in [-0.1, -0.05) is 19.1 Å². The highest BCUT2D eigenvalue weighted by atomic mass is 32.2. The molecule has 8 nitrogen and oxygen atoms in total. The number of imide groups is 1. The summed E-state index contributed by atoms with van der Waals surface area (Å²) in [5, 5.41) is 2.47. The molecule has 1 aliphatic rings. The summed E-state index contributed by atoms with van der Waals surface area (Å²) in [5.41, 5.74) is -0.134. The molecule has 1 heterocycles. The van der Waals surface area contributed by atoms with Crippen LogP contribution in [0.4, 0.5) is 4.79 Å². The van der Waals surface area contributed by atoms with Crippen LogP contribution < -0.4 is 5.32 Å². The Hall–Kier alpha value is -2.42. The Morgan fingerprint density at radius 1 is 1.33 bits per heavy atom. The number of benzene rings is 1. The average Bonchev–Trinajstić information content (AvgIpc) is 3.00. The summed E-state index contributed by atoms with van der Waals surface area (Å²) < 4.78 is 29.2. The summed E-state index contributed by atoms with van der Waals surface area (Å²) in [6.07, 6.45) is -1.21. The number of esters is 1. The Balaban J connectivity index is 2.19. The fourth-order valence-electron chi connectivity index (χ4n) is 2.24. The summed E-state index contributed by atoms with van der Waals surface area (Å²) in [5.74, 6) is -1.75. The summed E-state index contributed by atoms with van der Waals surface area (Å²) in [4.78, 5) is 36.7. The van der Waals surface area contributed by atoms with Crippen molar-refractivity contribution in [2.75, 3.05) is 18.8 Å². The van der Waals surface area contributed by atoms with E-state index in [1.54, 1.807) is 0 Å². The quantitative estimate of drug-likeness (QED) is 0.775. The zero-order valence-electron chi connectivity index (χ0n) is 13.3. The lowest BCUT2D eigenvalue weighted by atomic mass is 10.2. The lowest BCUT2D eigenvalue weighted by Crippen LogP contribution is -2.41. The molecule has 0 unspecified atom stereocenters. The Bertz CT molecular complexity index is 774. The third-order valence-electron chi connectivity index (χ3n) is 3.58. The first-order valence-electron chi connectivity index (χ1n) is 7.40. The van der Waals surface area contributed by atoms with Gasteiger partial charge in [0.05, 0.1) is 16.2 Å². The number of hydrogen-bond donors (Lipinski definition) is 1. The Labute approximate surface area is 139 Å². The predicted octanol–water partition coefficient (Wildman–Crippen LogP) is 0.577. The van der Waals surface area contributed by atoms with Gasteiger partial charge in [0, 0.05) is 13.1 Å². The molecule has 0 aromatic heterocycles. The highest BCUT2D eigenvalue weighted by Gasteiger charge is 2.32. The normalized spacial score (nSPS) is 15.8. The van der Waals surface area contributed by atoms with Gasteiger partial charge in [0.25, 0.3) is 5.91 Å². The minimum atomic E-state index is -3.61. The predicted molar refractivity (Wildman–Crippen MR) is 84.2 cm³/mol. The van der Waals surface area contributed by atoms with Gasteiger partial charge < -0.3 is 10.1 Å². The van der Waals surface area contributed by atoms with E-state index in [0.29, 0.717) is 6.54 Å². The van der Waals surface area contributed by atoms with E-state index in [9.17, 15) is 22.8 Å². The molecule has 1 aromatic carbocycles. The molecule has 130 valence electrons. The maximum atomic E-state index is 12.3. The van der Waals surface area contributed by atoms with E-state index in [1.165, 1.54) is 38.1 Å². The van der Waals surface area contributed by atoms with Crippen LogP contribution in [0, 0.1) is 0 Å². The number of carbonyl (C=O) groups is 3. The third kappa shape index (κ3) is 3.56. The number of carbonyl (C=O) groups excluding carboxylic acids is 3. The number of hydrogen-bond acceptors (Lipinski definition) is 6. The van der Waals surface area contributed by atoms with Crippen molar-refractivity contribution in [3.63, 3.8) is 0 Å². The Morgan fingerprint density at radius 3 is 2.58 bits per heavy atom. The van der Waals surface area contributed by atoms with E-state index in [-0.39, 0.29) is 22.8 Å². The minimum Gasteiger partial charge on any atom is -0.449 e. The SMILES string of the molecule is CCS(=O)(=O)c1ccccc1C(=O)O[C@@H](C)C(=O)N1CCNC1=O. The fourth-order valence-corrected chi connectivity index (χ4v) is 3.32. The summed E-state index contributed by atoms with van der Waals surface area (Å²) in [7, 11) is -3.61. The van der Waals surface area contributed by atoms with Gasteiger partial charge in [0.1, 0.15) is 0 Å². The maximum Gasteiger partial charge on any atom is 0.340 e. The number of urea groups is 1. The van der Waals surface area contributed by atoms with E-state index in [2.05, 4.69) is 5.32 Å². The number of rotatable bonds is 5. The van der Waals surface area contributed by atoms with Crippen molar-refractivity contribution in [1.82, 2.24) is 10.2 Å². The molecule has 1 atom stereocenters. The first-order valence-corrected chi connectivity index (χ1v) is 9.05. The van der Waals surface area contributed by atoms with Gasteiger partial charge in [-0.25, -0.2) is 18.0 Å². The van der Waals surface area contributed by atoms with E-state index in [4.69, 9.17) is 4.74 Å². The lowest BCUT2D eigenvalue weighted by Gasteiger charge is -2.18. The third-order valence-corrected chi connectivity index (χ3v) is 5.36. The van der Waals surface area contributed by atoms with E-state index >= 15 is 0 Å². The molecular formula is C15H18N2O6S. The average molecular weight is 354 g/mol. The molecule has 1 aliphatic heterocycles. The topological polar surface area (TPSA) is 110 Å². The molecule has 3 amide bonds. The van der Waals surface area contributed by atoms with Crippen molar-refractivity contribution < 1.29 is 27.5 Å². The van der Waals surface area contributed by atoms with Crippen molar-refractivity contribution >= 4 is 27.7 Å². The van der Waals surface area contributed by atoms with Gasteiger partial charge in [-0.2, -0.15) is 0 Å². The smallest absolute Gasteiger partial charge is 0.340 e. The van der Waals surface area contributed by atoms with Crippen molar-refractivity contribution in [3.05, 3.63) is 29.8 Å². The summed E-state index contributed by atoms with van der Waals surface area (Å²) >= 11 is 0. The first-order chi connectivity index (χ1) is 11.3. The maximum absolute atomic E-state index is 12.3. The van der Waals surface area contributed by atoms with Gasteiger partial charge >= 0.3 is 12.0 Å². The van der Waals surface area contributed by atoms with E-state index in [0.717, 1.165) is 4.90 Å². The molecule has 0 aliphatic carbocycles. The molecule has 1 N–H and O–H groups in total. The van der Waals surface area contributed by atoms with Crippen molar-refractivity contribution in [3.8, 4) is 0 Å². The number of amides is 3. The highest BCUT2D eigenvalue weighted by molar-refractivity contribution is 7.91. The number of sulfone groups is 1. The van der Waals surface area contributed by atoms with Crippen LogP contribution in [-0.2, 0) is 19.4 Å². The Morgan fingerprint density at radius 2 is 2.00 bits per heavy atom. The summed E-state index contributed by atoms with van der Waals surface area (Å²) in [6, 6.07) is 5.10. The molecule has 2 rings (SSSR count). The molecule has 1 aromatic rings. The molecule has 9 heteroatoms. The van der Waals surface area contributed by atoms with E-state index in [1.807, 2.05) is 0 Å². The second kappa shape index (κ2) is 7.00. The molecule has 0 saturated carbocycles. The highest BCUT2D eigenvalue weighted by Crippen LogP contribution is 2.19. The zero-order valence-corrected chi connectivity index (χ0v) is 14.1. The van der Waals surface area contributed by atoms with Gasteiger partial charge in [0.15, 0.2) is 15.9 Å². The van der Waals surface area contributed by atoms with Crippen LogP contribution in [0.5, 0.6) is 0 Å². The van der Waals surface area contributed by atoms with Crippen LogP contribution in [0.3, 0.4) is 0 Å². The number of nitrogens with one attached hydrogen (secondary N) is 1. The fraction of sp³-hybridized carbons (Fsp3) is 0.400. The molecular weight excluding hydrogens is 336 g/mol. The standard InChI is InChI=1S/C15H18N2O6S/c1-3-24(21,22)12-7-5-4-6-11(12)14(19)23-10(2)13(18)17-9-8-16-15(17)20/h4-7,10H,3,8-9H2,1-2H3,(H,16,20)/t10-/m0/s1. The van der Waals surface area contributed by atoms with Gasteiger partial charge in [-0.05, 0) is 19.1 Å². The van der Waals surface area contributed by atoms with Crippen LogP contribution >= 0.6 is 0 Å². The van der Waals surface area contributed by atoms with Crippen molar-refractivity contribution in [1.29, 1.82) is 0 Å². The monoisotopic (exact) mass is 354 g/mol. The molecule has 0 spiro atoms. The largest absolute Gasteiger partial charge is 0.449 e. The molecule has 0 radical (unpaired) electrons. The van der Waals surface area contributed by atoms with Crippen LogP contribution in [0.25, 0.3) is 0 Å². The van der Waals surface area contributed by atoms with Crippen molar-refractivity contribution in [2.24, 2.45) is 0 Å². The van der Waals surface area contributed by atoms with Gasteiger partial charge in [-0.3, -0.25) is 9.69 Å². The second-order valence-electron chi connectivity index (χ2n) is 5.17. The van der Waals surface area contributed by atoms with Crippen molar-refractivity contribution in [2.45, 2.75) is 24.8 Å². The number of nitrogens with zero attached hydrogens (tertiary/aromatic N) is 1. The molecule has 1 saturated heterocycles. The molecule has 0 bridgehead atoms. The first kappa shape index (κ1) is 17.9. The van der Waals surface area contributed by atoms with Crippen LogP contribution in [-0.4, -0.2) is 56.2 Å². The van der Waals surface area contributed by atoms with Gasteiger partial charge in [-0.15, -0.1) is 0 Å². The van der Waals surface area contributed by atoms with E-state index < -0.39 is 33.8 Å². The van der Waals surface area contributed by atoms with Gasteiger partial charge in [0.2, 0.25) is 0 Å². The van der Waals surface area contributed by atoms with Crippen LogP contribution in [0.15, 0.2) is 29.2 Å². The number of ether oxygens (including phenoxy) is 1. The lowest BCUT2D eigenvalue weighted by molar-refractivity contribution is -0.136. The Kier molecular flexibility index (Phi) is 5.23. The molecule has 24 heavy (non-hydrogen) atoms. The molecule has 1 fully saturated rings. The second-order valence-corrected chi connectivity index (χ2v) is 7.42. The van der Waals surface area contributed by atoms with Crippen LogP contribution in [0.1, 0.15) is 24.2 Å². The minimum absolute atomic E-state index is 0.134. The summed E-state index contributed by atoms with van der Waals surface area (Å²) in [6.45, 7) is 3.33. The van der Waals surface area contributed by atoms with Crippen LogP contribution in [0.2, 0.25) is 0 Å². The zero-order chi connectivity index (χ0) is 17.9.